The fourth-order valence-corrected chi connectivity index (χ4v) is 3.82. The van der Waals surface area contributed by atoms with Crippen LogP contribution in [0.15, 0.2) is 54.2 Å². The SMILES string of the molecule is CCCCOC(=O)c1ccccc1NC(=O)/C(C#N)=C\NC(C)c1ccc2c(c1)CCCC2. The second kappa shape index (κ2) is 11.9. The summed E-state index contributed by atoms with van der Waals surface area (Å²) in [5.74, 6) is -1.09. The third-order valence-corrected chi connectivity index (χ3v) is 5.84. The van der Waals surface area contributed by atoms with E-state index >= 15 is 0 Å². The van der Waals surface area contributed by atoms with Crippen molar-refractivity contribution in [1.82, 2.24) is 5.32 Å². The van der Waals surface area contributed by atoms with Crippen LogP contribution in [-0.2, 0) is 22.4 Å². The van der Waals surface area contributed by atoms with Gasteiger partial charge in [0.2, 0.25) is 0 Å². The molecule has 0 fully saturated rings. The van der Waals surface area contributed by atoms with E-state index in [-0.39, 0.29) is 17.2 Å². The molecule has 1 amide bonds. The lowest BCUT2D eigenvalue weighted by molar-refractivity contribution is -0.112. The van der Waals surface area contributed by atoms with E-state index in [9.17, 15) is 14.9 Å². The van der Waals surface area contributed by atoms with Gasteiger partial charge in [0.05, 0.1) is 17.9 Å². The average Bonchev–Trinajstić information content (AvgIpc) is 2.84. The number of anilines is 1. The molecule has 172 valence electrons. The monoisotopic (exact) mass is 445 g/mol. The van der Waals surface area contributed by atoms with Crippen molar-refractivity contribution in [3.63, 3.8) is 0 Å². The van der Waals surface area contributed by atoms with Crippen molar-refractivity contribution in [3.05, 3.63) is 76.5 Å². The van der Waals surface area contributed by atoms with Crippen molar-refractivity contribution in [2.75, 3.05) is 11.9 Å². The Morgan fingerprint density at radius 1 is 1.15 bits per heavy atom. The van der Waals surface area contributed by atoms with Crippen LogP contribution < -0.4 is 10.6 Å². The first-order valence-corrected chi connectivity index (χ1v) is 11.6. The number of nitriles is 1. The van der Waals surface area contributed by atoms with Crippen LogP contribution in [0, 0.1) is 11.3 Å². The normalized spacial score (nSPS) is 13.9. The Labute approximate surface area is 195 Å². The average molecular weight is 446 g/mol. The molecule has 0 radical (unpaired) electrons. The molecule has 6 nitrogen and oxygen atoms in total. The number of rotatable bonds is 9. The second-order valence-corrected chi connectivity index (χ2v) is 8.28. The van der Waals surface area contributed by atoms with Gasteiger partial charge in [-0.3, -0.25) is 4.79 Å². The molecular formula is C27H31N3O3. The van der Waals surface area contributed by atoms with Gasteiger partial charge in [0.25, 0.3) is 5.91 Å². The molecule has 0 heterocycles. The summed E-state index contributed by atoms with van der Waals surface area (Å²) < 4.78 is 5.26. The van der Waals surface area contributed by atoms with Gasteiger partial charge in [-0.25, -0.2) is 4.79 Å². The lowest BCUT2D eigenvalue weighted by Gasteiger charge is -2.19. The number of para-hydroxylation sites is 1. The van der Waals surface area contributed by atoms with Gasteiger partial charge in [0, 0.05) is 12.2 Å². The number of aryl methyl sites for hydroxylation is 2. The largest absolute Gasteiger partial charge is 0.462 e. The highest BCUT2D eigenvalue weighted by Gasteiger charge is 2.17. The van der Waals surface area contributed by atoms with Crippen molar-refractivity contribution in [3.8, 4) is 6.07 Å². The number of ether oxygens (including phenoxy) is 1. The van der Waals surface area contributed by atoms with E-state index in [1.807, 2.05) is 19.9 Å². The van der Waals surface area contributed by atoms with Crippen molar-refractivity contribution in [1.29, 1.82) is 5.26 Å². The molecule has 2 aromatic carbocycles. The molecule has 1 unspecified atom stereocenters. The standard InChI is InChI=1S/C27H31N3O3/c1-3-4-15-33-27(32)24-11-7-8-12-25(24)30-26(31)23(17-28)18-29-19(2)21-14-13-20-9-5-6-10-22(20)16-21/h7-8,11-14,16,18-19,29H,3-6,9-10,15H2,1-2H3,(H,30,31)/b23-18-. The Balaban J connectivity index is 1.67. The first-order chi connectivity index (χ1) is 16.0. The molecule has 0 bridgehead atoms. The molecule has 1 aliphatic carbocycles. The predicted octanol–water partition coefficient (Wildman–Crippen LogP) is 5.22. The predicted molar refractivity (Wildman–Crippen MR) is 129 cm³/mol. The summed E-state index contributed by atoms with van der Waals surface area (Å²) in [6.45, 7) is 4.33. The topological polar surface area (TPSA) is 91.2 Å². The quantitative estimate of drug-likeness (QED) is 0.239. The van der Waals surface area contributed by atoms with Crippen LogP contribution in [-0.4, -0.2) is 18.5 Å². The molecule has 1 atom stereocenters. The highest BCUT2D eigenvalue weighted by atomic mass is 16.5. The molecule has 0 aliphatic heterocycles. The number of amides is 1. The third kappa shape index (κ3) is 6.45. The van der Waals surface area contributed by atoms with Crippen LogP contribution in [0.25, 0.3) is 0 Å². The van der Waals surface area contributed by atoms with Crippen molar-refractivity contribution < 1.29 is 14.3 Å². The van der Waals surface area contributed by atoms with Crippen molar-refractivity contribution in [2.45, 2.75) is 58.4 Å². The van der Waals surface area contributed by atoms with Gasteiger partial charge in [-0.15, -0.1) is 0 Å². The number of hydrogen-bond donors (Lipinski definition) is 2. The van der Waals surface area contributed by atoms with E-state index < -0.39 is 11.9 Å². The zero-order valence-corrected chi connectivity index (χ0v) is 19.3. The van der Waals surface area contributed by atoms with E-state index in [0.717, 1.165) is 31.2 Å². The van der Waals surface area contributed by atoms with E-state index in [4.69, 9.17) is 4.74 Å². The lowest BCUT2D eigenvalue weighted by Crippen LogP contribution is -2.20. The second-order valence-electron chi connectivity index (χ2n) is 8.28. The summed E-state index contributed by atoms with van der Waals surface area (Å²) >= 11 is 0. The number of benzene rings is 2. The molecule has 6 heteroatoms. The number of esters is 1. The van der Waals surface area contributed by atoms with Gasteiger partial charge in [0.15, 0.2) is 0 Å². The van der Waals surface area contributed by atoms with Crippen LogP contribution in [0.4, 0.5) is 5.69 Å². The molecule has 2 aromatic rings. The number of nitrogens with one attached hydrogen (secondary N) is 2. The van der Waals surface area contributed by atoms with Crippen LogP contribution in [0.5, 0.6) is 0 Å². The molecule has 33 heavy (non-hydrogen) atoms. The fraction of sp³-hybridized carbons (Fsp3) is 0.370. The number of carbonyl (C=O) groups is 2. The van der Waals surface area contributed by atoms with Crippen LogP contribution >= 0.6 is 0 Å². The molecular weight excluding hydrogens is 414 g/mol. The van der Waals surface area contributed by atoms with E-state index in [2.05, 4.69) is 28.8 Å². The maximum absolute atomic E-state index is 12.7. The highest BCUT2D eigenvalue weighted by Crippen LogP contribution is 2.25. The summed E-state index contributed by atoms with van der Waals surface area (Å²) in [5.41, 5.74) is 4.41. The molecule has 0 saturated carbocycles. The van der Waals surface area contributed by atoms with E-state index in [0.29, 0.717) is 12.3 Å². The first-order valence-electron chi connectivity index (χ1n) is 11.6. The van der Waals surface area contributed by atoms with Crippen molar-refractivity contribution in [2.24, 2.45) is 0 Å². The maximum atomic E-state index is 12.7. The molecule has 0 aromatic heterocycles. The Bertz CT molecular complexity index is 1070. The summed E-state index contributed by atoms with van der Waals surface area (Å²) in [6, 6.07) is 15.0. The minimum absolute atomic E-state index is 0.0609. The van der Waals surface area contributed by atoms with Gasteiger partial charge < -0.3 is 15.4 Å². The van der Waals surface area contributed by atoms with Crippen LogP contribution in [0.3, 0.4) is 0 Å². The molecule has 1 aliphatic rings. The summed E-state index contributed by atoms with van der Waals surface area (Å²) in [5, 5.41) is 15.4. The minimum atomic E-state index is -0.587. The molecule has 0 saturated heterocycles. The Morgan fingerprint density at radius 2 is 1.91 bits per heavy atom. The fourth-order valence-electron chi connectivity index (χ4n) is 3.82. The van der Waals surface area contributed by atoms with Gasteiger partial charge >= 0.3 is 5.97 Å². The highest BCUT2D eigenvalue weighted by molar-refractivity contribution is 6.09. The van der Waals surface area contributed by atoms with E-state index in [1.54, 1.807) is 24.3 Å². The number of unbranched alkanes of at least 4 members (excludes halogenated alkanes) is 1. The van der Waals surface area contributed by atoms with Crippen LogP contribution in [0.1, 0.15) is 72.6 Å². The summed E-state index contributed by atoms with van der Waals surface area (Å²) in [6.07, 6.45) is 7.80. The molecule has 3 rings (SSSR count). The van der Waals surface area contributed by atoms with Crippen LogP contribution in [0.2, 0.25) is 0 Å². The summed E-state index contributed by atoms with van der Waals surface area (Å²) in [7, 11) is 0. The number of hydrogen-bond acceptors (Lipinski definition) is 5. The Hall–Kier alpha value is -3.59. The number of fused-ring (bicyclic) bond motifs is 1. The van der Waals surface area contributed by atoms with Gasteiger partial charge in [-0.05, 0) is 67.9 Å². The smallest absolute Gasteiger partial charge is 0.340 e. The lowest BCUT2D eigenvalue weighted by atomic mass is 9.89. The Morgan fingerprint density at radius 3 is 2.67 bits per heavy atom. The Kier molecular flexibility index (Phi) is 8.65. The number of nitrogens with zero attached hydrogens (tertiary/aromatic N) is 1. The minimum Gasteiger partial charge on any atom is -0.462 e. The zero-order valence-electron chi connectivity index (χ0n) is 19.3. The first kappa shape index (κ1) is 24.1. The maximum Gasteiger partial charge on any atom is 0.340 e. The van der Waals surface area contributed by atoms with Crippen molar-refractivity contribution >= 4 is 17.6 Å². The van der Waals surface area contributed by atoms with Gasteiger partial charge in [-0.1, -0.05) is 43.7 Å². The molecule has 0 spiro atoms. The summed E-state index contributed by atoms with van der Waals surface area (Å²) in [4.78, 5) is 25.1. The molecule has 2 N–H and O–H groups in total. The van der Waals surface area contributed by atoms with Gasteiger partial charge in [-0.2, -0.15) is 5.26 Å². The van der Waals surface area contributed by atoms with E-state index in [1.165, 1.54) is 30.2 Å². The number of carbonyl (C=O) groups excluding carboxylic acids is 2. The zero-order chi connectivity index (χ0) is 23.6. The third-order valence-electron chi connectivity index (χ3n) is 5.84. The van der Waals surface area contributed by atoms with Gasteiger partial charge in [0.1, 0.15) is 11.6 Å².